The van der Waals surface area contributed by atoms with E-state index in [1.807, 2.05) is 0 Å². The second-order valence-electron chi connectivity index (χ2n) is 14.0. The predicted molar refractivity (Wildman–Crippen MR) is 199 cm³/mol. The summed E-state index contributed by atoms with van der Waals surface area (Å²) >= 11 is 0. The van der Waals surface area contributed by atoms with Crippen molar-refractivity contribution in [2.45, 2.75) is 19.3 Å². The smallest absolute Gasteiger partial charge is 0.0159 e. The van der Waals surface area contributed by atoms with Crippen molar-refractivity contribution in [1.29, 1.82) is 0 Å². The Morgan fingerprint density at radius 1 is 0.298 bits per heavy atom. The zero-order valence-electron chi connectivity index (χ0n) is 26.4. The van der Waals surface area contributed by atoms with Crippen LogP contribution in [0.5, 0.6) is 0 Å². The topological polar surface area (TPSA) is 0 Å². The van der Waals surface area contributed by atoms with Gasteiger partial charge in [-0.25, -0.2) is 0 Å². The third-order valence-electron chi connectivity index (χ3n) is 11.4. The van der Waals surface area contributed by atoms with Crippen molar-refractivity contribution in [3.8, 4) is 77.9 Å². The fourth-order valence-corrected chi connectivity index (χ4v) is 9.19. The summed E-state index contributed by atoms with van der Waals surface area (Å²) in [7, 11) is 0. The Bertz CT molecular complexity index is 2460. The summed E-state index contributed by atoms with van der Waals surface area (Å²) < 4.78 is 0. The van der Waals surface area contributed by atoms with Gasteiger partial charge in [0, 0.05) is 5.41 Å². The number of rotatable bonds is 2. The highest BCUT2D eigenvalue weighted by molar-refractivity contribution is 6.20. The summed E-state index contributed by atoms with van der Waals surface area (Å²) in [5.41, 5.74) is 21.4. The zero-order valence-corrected chi connectivity index (χ0v) is 26.4. The molecule has 0 nitrogen and oxygen atoms in total. The fraction of sp³-hybridized carbons (Fsp3) is 0.0638. The quantitative estimate of drug-likeness (QED) is 0.187. The van der Waals surface area contributed by atoms with Gasteiger partial charge in [-0.2, -0.15) is 0 Å². The summed E-state index contributed by atoms with van der Waals surface area (Å²) in [6.45, 7) is 4.80. The van der Waals surface area contributed by atoms with Crippen molar-refractivity contribution in [2.24, 2.45) is 0 Å². The molecule has 218 valence electrons. The van der Waals surface area contributed by atoms with Crippen molar-refractivity contribution in [3.63, 3.8) is 0 Å². The van der Waals surface area contributed by atoms with E-state index in [4.69, 9.17) is 0 Å². The Morgan fingerprint density at radius 2 is 0.638 bits per heavy atom. The highest BCUT2D eigenvalue weighted by Gasteiger charge is 2.36. The van der Waals surface area contributed by atoms with Crippen molar-refractivity contribution in [2.75, 3.05) is 0 Å². The minimum atomic E-state index is -0.118. The highest BCUT2D eigenvalue weighted by Crippen LogP contribution is 2.54. The van der Waals surface area contributed by atoms with Gasteiger partial charge in [-0.1, -0.05) is 147 Å². The fourth-order valence-electron chi connectivity index (χ4n) is 9.19. The standard InChI is InChI=1S/C47H30/c1-47(2)43-25-27(29-21-23-41-33-11-5-3-9-31(33)39-15-7-13-37(29)45(39)41)17-19-35(43)36-20-18-28(26-44(36)47)30-22-24-42-34-12-6-4-10-32(34)40-16-8-14-38(30)46(40)42/h3-26H,1-2H3. The highest BCUT2D eigenvalue weighted by atomic mass is 14.4. The lowest BCUT2D eigenvalue weighted by atomic mass is 9.80. The lowest BCUT2D eigenvalue weighted by Crippen LogP contribution is -2.15. The molecule has 0 saturated carbocycles. The predicted octanol–water partition coefficient (Wildman–Crippen LogP) is 12.9. The number of hydrogen-bond donors (Lipinski definition) is 0. The molecule has 0 atom stereocenters. The Hall–Kier alpha value is -5.72. The van der Waals surface area contributed by atoms with Crippen LogP contribution < -0.4 is 0 Å². The largest absolute Gasteiger partial charge is 0.0616 e. The van der Waals surface area contributed by atoms with E-state index in [0.29, 0.717) is 0 Å². The molecule has 0 spiro atoms. The van der Waals surface area contributed by atoms with Crippen molar-refractivity contribution < 1.29 is 0 Å². The molecule has 0 fully saturated rings. The Kier molecular flexibility index (Phi) is 4.74. The monoisotopic (exact) mass is 594 g/mol. The molecule has 3 aliphatic carbocycles. The van der Waals surface area contributed by atoms with Crippen LogP contribution in [0, 0.1) is 0 Å². The second-order valence-corrected chi connectivity index (χ2v) is 14.0. The van der Waals surface area contributed by atoms with Gasteiger partial charge in [-0.15, -0.1) is 0 Å². The lowest BCUT2D eigenvalue weighted by molar-refractivity contribution is 0.661. The molecule has 0 amide bonds. The minimum absolute atomic E-state index is 0.118. The molecule has 0 unspecified atom stereocenters. The Balaban J connectivity index is 1.04. The summed E-state index contributed by atoms with van der Waals surface area (Å²) in [6, 6.07) is 55.0. The van der Waals surface area contributed by atoms with Gasteiger partial charge in [-0.05, 0) is 123 Å². The van der Waals surface area contributed by atoms with E-state index in [1.165, 1.54) is 111 Å². The summed E-state index contributed by atoms with van der Waals surface area (Å²) in [5, 5.41) is 5.43. The molecular formula is C47H30. The van der Waals surface area contributed by atoms with Crippen molar-refractivity contribution >= 4 is 21.5 Å². The van der Waals surface area contributed by atoms with Gasteiger partial charge >= 0.3 is 0 Å². The molecular weight excluding hydrogens is 565 g/mol. The maximum absolute atomic E-state index is 2.47. The number of hydrogen-bond acceptors (Lipinski definition) is 0. The first kappa shape index (κ1) is 25.5. The molecule has 0 saturated heterocycles. The number of benzene rings is 8. The first-order chi connectivity index (χ1) is 23.1. The SMILES string of the molecule is CC1(C)c2cc(-c3ccc4c5c(cccc35)-c3ccccc3-4)ccc2-c2ccc(-c3ccc4c5c(cccc35)-c3ccccc3-4)cc21. The van der Waals surface area contributed by atoms with Crippen LogP contribution in [-0.4, -0.2) is 0 Å². The normalized spacial score (nSPS) is 13.9. The van der Waals surface area contributed by atoms with Crippen LogP contribution in [0.1, 0.15) is 25.0 Å². The first-order valence-corrected chi connectivity index (χ1v) is 16.7. The minimum Gasteiger partial charge on any atom is -0.0616 e. The zero-order chi connectivity index (χ0) is 31.0. The van der Waals surface area contributed by atoms with Gasteiger partial charge in [0.05, 0.1) is 0 Å². The van der Waals surface area contributed by atoms with Gasteiger partial charge in [0.1, 0.15) is 0 Å². The summed E-state index contributed by atoms with van der Waals surface area (Å²) in [6.07, 6.45) is 0. The van der Waals surface area contributed by atoms with Crippen molar-refractivity contribution in [3.05, 3.63) is 157 Å². The van der Waals surface area contributed by atoms with Crippen LogP contribution in [0.2, 0.25) is 0 Å². The van der Waals surface area contributed by atoms with E-state index in [1.54, 1.807) is 0 Å². The van der Waals surface area contributed by atoms with Crippen molar-refractivity contribution in [1.82, 2.24) is 0 Å². The van der Waals surface area contributed by atoms with Crippen LogP contribution in [-0.2, 0) is 5.41 Å². The van der Waals surface area contributed by atoms with Gasteiger partial charge < -0.3 is 0 Å². The molecule has 11 rings (SSSR count). The average molecular weight is 595 g/mol. The maximum Gasteiger partial charge on any atom is 0.0159 e. The third kappa shape index (κ3) is 3.18. The van der Waals surface area contributed by atoms with Gasteiger partial charge in [0.2, 0.25) is 0 Å². The molecule has 0 aliphatic heterocycles. The molecule has 0 bridgehead atoms. The van der Waals surface area contributed by atoms with Gasteiger partial charge in [0.15, 0.2) is 0 Å². The molecule has 3 aliphatic rings. The van der Waals surface area contributed by atoms with Gasteiger partial charge in [0.25, 0.3) is 0 Å². The van der Waals surface area contributed by atoms with E-state index in [9.17, 15) is 0 Å². The van der Waals surface area contributed by atoms with E-state index >= 15 is 0 Å². The van der Waals surface area contributed by atoms with E-state index in [0.717, 1.165) is 0 Å². The van der Waals surface area contributed by atoms with Crippen LogP contribution in [0.3, 0.4) is 0 Å². The number of fused-ring (bicyclic) bond motifs is 9. The van der Waals surface area contributed by atoms with Crippen LogP contribution >= 0.6 is 0 Å². The van der Waals surface area contributed by atoms with E-state index < -0.39 is 0 Å². The molecule has 0 aromatic heterocycles. The molecule has 0 heteroatoms. The van der Waals surface area contributed by atoms with Gasteiger partial charge in [-0.3, -0.25) is 0 Å². The Labute approximate surface area is 274 Å². The molecule has 47 heavy (non-hydrogen) atoms. The lowest BCUT2D eigenvalue weighted by Gasteiger charge is -2.23. The first-order valence-electron chi connectivity index (χ1n) is 16.7. The molecule has 8 aromatic rings. The Morgan fingerprint density at radius 3 is 1.06 bits per heavy atom. The molecule has 0 heterocycles. The molecule has 0 radical (unpaired) electrons. The molecule has 8 aromatic carbocycles. The van der Waals surface area contributed by atoms with E-state index in [-0.39, 0.29) is 5.41 Å². The third-order valence-corrected chi connectivity index (χ3v) is 11.4. The summed E-state index contributed by atoms with van der Waals surface area (Å²) in [5.74, 6) is 0. The van der Waals surface area contributed by atoms with Crippen LogP contribution in [0.4, 0.5) is 0 Å². The maximum atomic E-state index is 2.47. The van der Waals surface area contributed by atoms with Crippen LogP contribution in [0.15, 0.2) is 146 Å². The van der Waals surface area contributed by atoms with E-state index in [2.05, 4.69) is 159 Å². The summed E-state index contributed by atoms with van der Waals surface area (Å²) in [4.78, 5) is 0. The second kappa shape index (κ2) is 8.75. The molecule has 0 N–H and O–H groups in total. The van der Waals surface area contributed by atoms with Crippen LogP contribution in [0.25, 0.3) is 99.4 Å². The average Bonchev–Trinajstić information content (AvgIpc) is 3.70.